The Morgan fingerprint density at radius 1 is 1.03 bits per heavy atom. The Bertz CT molecular complexity index is 894. The molecule has 2 heterocycles. The van der Waals surface area contributed by atoms with Crippen molar-refractivity contribution in [1.29, 1.82) is 0 Å². The van der Waals surface area contributed by atoms with Crippen molar-refractivity contribution in [3.05, 3.63) is 60.2 Å². The van der Waals surface area contributed by atoms with Gasteiger partial charge < -0.3 is 19.4 Å². The highest BCUT2D eigenvalue weighted by molar-refractivity contribution is 5.89. The van der Waals surface area contributed by atoms with Crippen molar-refractivity contribution < 1.29 is 14.3 Å². The van der Waals surface area contributed by atoms with Gasteiger partial charge in [-0.1, -0.05) is 36.4 Å². The summed E-state index contributed by atoms with van der Waals surface area (Å²) >= 11 is 0. The monoisotopic (exact) mass is 407 g/mol. The zero-order chi connectivity index (χ0) is 21.1. The molecule has 0 unspecified atom stereocenters. The number of amides is 2. The Morgan fingerprint density at radius 3 is 2.47 bits per heavy atom. The van der Waals surface area contributed by atoms with Crippen molar-refractivity contribution in [1.82, 2.24) is 9.80 Å². The van der Waals surface area contributed by atoms with Gasteiger partial charge in [-0.2, -0.15) is 0 Å². The van der Waals surface area contributed by atoms with E-state index in [0.717, 1.165) is 30.1 Å². The lowest BCUT2D eigenvalue weighted by Gasteiger charge is -2.37. The maximum Gasteiger partial charge on any atom is 0.228 e. The van der Waals surface area contributed by atoms with Crippen LogP contribution in [0.15, 0.2) is 54.6 Å². The number of ether oxygens (including phenoxy) is 1. The number of methoxy groups -OCH3 is 1. The fraction of sp³-hybridized carbons (Fsp3) is 0.417. The fourth-order valence-corrected chi connectivity index (χ4v) is 4.43. The summed E-state index contributed by atoms with van der Waals surface area (Å²) in [7, 11) is 1.67. The molecular weight excluding hydrogens is 378 g/mol. The van der Waals surface area contributed by atoms with Crippen LogP contribution >= 0.6 is 0 Å². The number of hydrogen-bond donors (Lipinski definition) is 0. The average Bonchev–Trinajstić information content (AvgIpc) is 3.20. The molecule has 4 rings (SSSR count). The molecule has 6 nitrogen and oxygen atoms in total. The molecule has 0 aromatic heterocycles. The molecule has 2 aromatic carbocycles. The van der Waals surface area contributed by atoms with E-state index in [9.17, 15) is 9.59 Å². The Balaban J connectivity index is 1.35. The lowest BCUT2D eigenvalue weighted by Crippen LogP contribution is -2.50. The first-order valence-electron chi connectivity index (χ1n) is 10.6. The first-order chi connectivity index (χ1) is 14.6. The predicted molar refractivity (Wildman–Crippen MR) is 116 cm³/mol. The van der Waals surface area contributed by atoms with Gasteiger partial charge in [0.05, 0.1) is 19.1 Å². The largest absolute Gasteiger partial charge is 0.497 e. The molecule has 6 heteroatoms. The second-order valence-corrected chi connectivity index (χ2v) is 8.05. The van der Waals surface area contributed by atoms with Crippen molar-refractivity contribution in [2.45, 2.75) is 19.4 Å². The molecule has 0 spiro atoms. The smallest absolute Gasteiger partial charge is 0.228 e. The van der Waals surface area contributed by atoms with Gasteiger partial charge in [0.1, 0.15) is 5.75 Å². The highest BCUT2D eigenvalue weighted by atomic mass is 16.5. The van der Waals surface area contributed by atoms with Crippen LogP contribution in [0.2, 0.25) is 0 Å². The minimum absolute atomic E-state index is 0.0126. The molecule has 158 valence electrons. The summed E-state index contributed by atoms with van der Waals surface area (Å²) in [5, 5.41) is 0. The van der Waals surface area contributed by atoms with E-state index < -0.39 is 0 Å². The van der Waals surface area contributed by atoms with Gasteiger partial charge in [-0.15, -0.1) is 0 Å². The number of hydrogen-bond acceptors (Lipinski definition) is 4. The maximum absolute atomic E-state index is 13.1. The van der Waals surface area contributed by atoms with Gasteiger partial charge in [0, 0.05) is 50.9 Å². The number of piperazine rings is 1. The highest BCUT2D eigenvalue weighted by Crippen LogP contribution is 2.30. The summed E-state index contributed by atoms with van der Waals surface area (Å²) in [6.45, 7) is 5.45. The Kier molecular flexibility index (Phi) is 5.93. The summed E-state index contributed by atoms with van der Waals surface area (Å²) in [4.78, 5) is 31.8. The molecule has 0 radical (unpaired) electrons. The van der Waals surface area contributed by atoms with Crippen LogP contribution in [0, 0.1) is 5.92 Å². The van der Waals surface area contributed by atoms with E-state index in [2.05, 4.69) is 11.0 Å². The molecular formula is C24H29N3O3. The zero-order valence-corrected chi connectivity index (χ0v) is 17.7. The molecule has 0 N–H and O–H groups in total. The van der Waals surface area contributed by atoms with Crippen LogP contribution in [0.4, 0.5) is 5.69 Å². The SMILES string of the molecule is COc1cccc(N2CCN(C(=O)[C@H]3CC(=O)N([C@@H](C)c4ccccc4)C3)CC2)c1. The molecule has 2 aromatic rings. The van der Waals surface area contributed by atoms with E-state index in [1.165, 1.54) is 0 Å². The number of carbonyl (C=O) groups is 2. The van der Waals surface area contributed by atoms with Gasteiger partial charge in [0.15, 0.2) is 0 Å². The lowest BCUT2D eigenvalue weighted by atomic mass is 10.1. The number of likely N-dealkylation sites (tertiary alicyclic amines) is 1. The normalized spacial score (nSPS) is 20.4. The minimum Gasteiger partial charge on any atom is -0.497 e. The second-order valence-electron chi connectivity index (χ2n) is 8.05. The Hall–Kier alpha value is -3.02. The van der Waals surface area contributed by atoms with Gasteiger partial charge in [0.25, 0.3) is 0 Å². The van der Waals surface area contributed by atoms with E-state index in [-0.39, 0.29) is 23.8 Å². The average molecular weight is 408 g/mol. The summed E-state index contributed by atoms with van der Waals surface area (Å²) in [6.07, 6.45) is 0.312. The number of nitrogens with zero attached hydrogens (tertiary/aromatic N) is 3. The van der Waals surface area contributed by atoms with Crippen molar-refractivity contribution in [3.8, 4) is 5.75 Å². The molecule has 2 aliphatic rings. The van der Waals surface area contributed by atoms with Crippen molar-refractivity contribution in [2.24, 2.45) is 5.92 Å². The third-order valence-corrected chi connectivity index (χ3v) is 6.27. The van der Waals surface area contributed by atoms with E-state index >= 15 is 0 Å². The van der Waals surface area contributed by atoms with Crippen molar-refractivity contribution in [2.75, 3.05) is 44.7 Å². The molecule has 0 saturated carbocycles. The molecule has 2 amide bonds. The van der Waals surface area contributed by atoms with E-state index in [4.69, 9.17) is 4.74 Å². The van der Waals surface area contributed by atoms with E-state index in [1.807, 2.05) is 65.3 Å². The van der Waals surface area contributed by atoms with Gasteiger partial charge >= 0.3 is 0 Å². The zero-order valence-electron chi connectivity index (χ0n) is 17.7. The highest BCUT2D eigenvalue weighted by Gasteiger charge is 2.39. The third kappa shape index (κ3) is 4.13. The molecule has 2 fully saturated rings. The molecule has 30 heavy (non-hydrogen) atoms. The van der Waals surface area contributed by atoms with Crippen LogP contribution in [0.25, 0.3) is 0 Å². The fourth-order valence-electron chi connectivity index (χ4n) is 4.43. The quantitative estimate of drug-likeness (QED) is 0.765. The predicted octanol–water partition coefficient (Wildman–Crippen LogP) is 2.95. The van der Waals surface area contributed by atoms with Crippen LogP contribution in [-0.2, 0) is 9.59 Å². The van der Waals surface area contributed by atoms with Crippen molar-refractivity contribution in [3.63, 3.8) is 0 Å². The summed E-state index contributed by atoms with van der Waals surface area (Å²) in [5.74, 6) is 0.770. The van der Waals surface area contributed by atoms with Crippen molar-refractivity contribution >= 4 is 17.5 Å². The first-order valence-corrected chi connectivity index (χ1v) is 10.6. The topological polar surface area (TPSA) is 53.1 Å². The minimum atomic E-state index is -0.243. The van der Waals surface area contributed by atoms with Crippen LogP contribution in [0.5, 0.6) is 5.75 Å². The van der Waals surface area contributed by atoms with Gasteiger partial charge in [-0.05, 0) is 24.6 Å². The lowest BCUT2D eigenvalue weighted by molar-refractivity contribution is -0.136. The van der Waals surface area contributed by atoms with E-state index in [1.54, 1.807) is 7.11 Å². The molecule has 0 bridgehead atoms. The summed E-state index contributed by atoms with van der Waals surface area (Å²) < 4.78 is 5.32. The first kappa shape index (κ1) is 20.3. The van der Waals surface area contributed by atoms with Crippen LogP contribution in [0.1, 0.15) is 24.9 Å². The number of carbonyl (C=O) groups excluding carboxylic acids is 2. The molecule has 0 aliphatic carbocycles. The molecule has 2 atom stereocenters. The number of benzene rings is 2. The summed E-state index contributed by atoms with van der Waals surface area (Å²) in [5.41, 5.74) is 2.21. The van der Waals surface area contributed by atoms with E-state index in [0.29, 0.717) is 26.1 Å². The van der Waals surface area contributed by atoms with Crippen LogP contribution < -0.4 is 9.64 Å². The van der Waals surface area contributed by atoms with Gasteiger partial charge in [-0.3, -0.25) is 9.59 Å². The van der Waals surface area contributed by atoms with Gasteiger partial charge in [-0.25, -0.2) is 0 Å². The Labute approximate surface area is 178 Å². The standard InChI is InChI=1S/C24H29N3O3/c1-18(19-7-4-3-5-8-19)27-17-20(15-23(27)28)24(29)26-13-11-25(12-14-26)21-9-6-10-22(16-21)30-2/h3-10,16,18,20H,11-15,17H2,1-2H3/t18-,20-/m0/s1. The maximum atomic E-state index is 13.1. The number of anilines is 1. The van der Waals surface area contributed by atoms with Crippen LogP contribution in [-0.4, -0.2) is 61.4 Å². The number of rotatable bonds is 5. The molecule has 2 aliphatic heterocycles. The third-order valence-electron chi connectivity index (χ3n) is 6.27. The Morgan fingerprint density at radius 2 is 1.77 bits per heavy atom. The van der Waals surface area contributed by atoms with Crippen LogP contribution in [0.3, 0.4) is 0 Å². The second kappa shape index (κ2) is 8.78. The summed E-state index contributed by atoms with van der Waals surface area (Å²) in [6, 6.07) is 18.0. The van der Waals surface area contributed by atoms with Gasteiger partial charge in [0.2, 0.25) is 11.8 Å². The molecule has 2 saturated heterocycles.